The molecule has 13 heteroatoms. The summed E-state index contributed by atoms with van der Waals surface area (Å²) in [6.45, 7) is 7.56. The van der Waals surface area contributed by atoms with Crippen LogP contribution in [0.3, 0.4) is 0 Å². The number of rotatable bonds is 13. The zero-order chi connectivity index (χ0) is 29.4. The zero-order valence-corrected chi connectivity index (χ0v) is 25.4. The molecule has 0 aliphatic carbocycles. The van der Waals surface area contributed by atoms with Gasteiger partial charge in [-0.2, -0.15) is 0 Å². The number of unbranched alkanes of at least 4 members (excludes halogenated alkanes) is 1. The van der Waals surface area contributed by atoms with Gasteiger partial charge in [0.25, 0.3) is 5.91 Å². The van der Waals surface area contributed by atoms with Crippen LogP contribution in [-0.2, 0) is 27.3 Å². The van der Waals surface area contributed by atoms with Crippen LogP contribution in [0.15, 0.2) is 44.0 Å². The normalized spacial score (nSPS) is 16.7. The third-order valence-corrected chi connectivity index (χ3v) is 7.08. The highest BCUT2D eigenvalue weighted by Gasteiger charge is 2.36. The first-order chi connectivity index (χ1) is 19.8. The van der Waals surface area contributed by atoms with Crippen molar-refractivity contribution in [2.24, 2.45) is 11.8 Å². The Bertz CT molecular complexity index is 1350. The van der Waals surface area contributed by atoms with Crippen molar-refractivity contribution < 1.29 is 27.9 Å². The lowest BCUT2D eigenvalue weighted by molar-refractivity contribution is -0.151. The van der Waals surface area contributed by atoms with Gasteiger partial charge in [0.1, 0.15) is 0 Å². The number of aryl methyl sites for hydroxylation is 1. The van der Waals surface area contributed by atoms with Gasteiger partial charge in [0, 0.05) is 39.4 Å². The molecule has 1 aromatic carbocycles. The number of piperidine rings is 1. The van der Waals surface area contributed by atoms with E-state index in [0.29, 0.717) is 44.8 Å². The molecule has 42 heavy (non-hydrogen) atoms. The molecule has 1 N–H and O–H groups in total. The first-order valence-corrected chi connectivity index (χ1v) is 14.0. The highest BCUT2D eigenvalue weighted by atomic mass is 35.5. The minimum Gasteiger partial charge on any atom is -0.457 e. The number of esters is 1. The van der Waals surface area contributed by atoms with Crippen LogP contribution < -0.4 is 11.1 Å². The van der Waals surface area contributed by atoms with Crippen molar-refractivity contribution in [1.29, 1.82) is 0 Å². The third kappa shape index (κ3) is 8.30. The Kier molecular flexibility index (Phi) is 12.3. The van der Waals surface area contributed by atoms with E-state index in [2.05, 4.69) is 29.5 Å². The number of ether oxygens (including phenoxy) is 2. The second kappa shape index (κ2) is 15.7. The van der Waals surface area contributed by atoms with Gasteiger partial charge >= 0.3 is 11.8 Å². The molecule has 1 aliphatic rings. The number of nitrogens with zero attached hydrogens (tertiary/aromatic N) is 4. The first-order valence-electron chi connectivity index (χ1n) is 14.0. The molecule has 12 nitrogen and oxygen atoms in total. The number of para-hydroxylation sites is 1. The highest BCUT2D eigenvalue weighted by molar-refractivity contribution is 5.93. The van der Waals surface area contributed by atoms with E-state index in [9.17, 15) is 14.4 Å². The number of aromatic nitrogens is 3. The molecule has 0 bridgehead atoms. The number of carbonyl (C=O) groups is 2. The van der Waals surface area contributed by atoms with E-state index in [1.807, 2.05) is 35.2 Å². The molecule has 0 radical (unpaired) electrons. The van der Waals surface area contributed by atoms with Gasteiger partial charge in [0.2, 0.25) is 0 Å². The highest BCUT2D eigenvalue weighted by Crippen LogP contribution is 2.24. The second-order valence-corrected chi connectivity index (χ2v) is 10.7. The number of amides is 1. The number of hydrogen-bond donors (Lipinski definition) is 1. The van der Waals surface area contributed by atoms with Crippen LogP contribution in [0.25, 0.3) is 5.69 Å². The number of halogens is 1. The molecule has 230 valence electrons. The van der Waals surface area contributed by atoms with Crippen LogP contribution in [0, 0.1) is 18.8 Å². The number of methoxy groups -OCH3 is 1. The van der Waals surface area contributed by atoms with Gasteiger partial charge in [0.05, 0.1) is 17.3 Å². The van der Waals surface area contributed by atoms with Crippen molar-refractivity contribution in [2.45, 2.75) is 59.1 Å². The van der Waals surface area contributed by atoms with Crippen molar-refractivity contribution in [3.8, 4) is 5.69 Å². The van der Waals surface area contributed by atoms with Crippen molar-refractivity contribution in [3.05, 3.63) is 63.9 Å². The fourth-order valence-electron chi connectivity index (χ4n) is 5.03. The van der Waals surface area contributed by atoms with Gasteiger partial charge in [-0.3, -0.25) is 9.59 Å². The van der Waals surface area contributed by atoms with Crippen LogP contribution in [-0.4, -0.2) is 71.2 Å². The van der Waals surface area contributed by atoms with Gasteiger partial charge in [-0.05, 0) is 50.7 Å². The Morgan fingerprint density at radius 3 is 2.60 bits per heavy atom. The third-order valence-electron chi connectivity index (χ3n) is 7.08. The van der Waals surface area contributed by atoms with E-state index in [0.717, 1.165) is 24.2 Å². The van der Waals surface area contributed by atoms with Crippen LogP contribution in [0.4, 0.5) is 0 Å². The van der Waals surface area contributed by atoms with E-state index in [-0.39, 0.29) is 48.4 Å². The molecule has 0 unspecified atom stereocenters. The average molecular weight is 606 g/mol. The summed E-state index contributed by atoms with van der Waals surface area (Å²) in [5.74, 6) is -1.32. The molecule has 0 saturated carbocycles. The minimum absolute atomic E-state index is 0. The number of carbonyl (C=O) groups excluding carboxylic acids is 2. The predicted molar refractivity (Wildman–Crippen MR) is 156 cm³/mol. The topological polar surface area (TPSA) is 142 Å². The van der Waals surface area contributed by atoms with Crippen molar-refractivity contribution in [2.75, 3.05) is 33.4 Å². The quantitative estimate of drug-likeness (QED) is 0.228. The Morgan fingerprint density at radius 2 is 1.93 bits per heavy atom. The van der Waals surface area contributed by atoms with Crippen LogP contribution >= 0.6 is 12.4 Å². The number of nitrogens with one attached hydrogen (secondary N) is 1. The molecule has 2 atom stereocenters. The van der Waals surface area contributed by atoms with Gasteiger partial charge in [-0.15, -0.1) is 17.5 Å². The monoisotopic (exact) mass is 605 g/mol. The summed E-state index contributed by atoms with van der Waals surface area (Å²) < 4.78 is 22.2. The second-order valence-electron chi connectivity index (χ2n) is 10.7. The van der Waals surface area contributed by atoms with E-state index < -0.39 is 17.7 Å². The molecule has 1 amide bonds. The SMILES string of the molecule is COCCCCc1c(C(=O)N(CC(C)C)[C@@H]2CNC[C@H](C(=O)OCc3oc(=O)oc3C)C2)nnn1-c1ccccc1.Cl. The van der Waals surface area contributed by atoms with E-state index >= 15 is 0 Å². The van der Waals surface area contributed by atoms with Gasteiger partial charge in [-0.25, -0.2) is 9.48 Å². The fourth-order valence-corrected chi connectivity index (χ4v) is 5.03. The summed E-state index contributed by atoms with van der Waals surface area (Å²) in [7, 11) is 1.67. The summed E-state index contributed by atoms with van der Waals surface area (Å²) in [6, 6.07) is 9.39. The molecular weight excluding hydrogens is 566 g/mol. The van der Waals surface area contributed by atoms with Crippen LogP contribution in [0.1, 0.15) is 60.8 Å². The molecule has 1 aliphatic heterocycles. The van der Waals surface area contributed by atoms with Gasteiger partial charge < -0.3 is 28.5 Å². The maximum absolute atomic E-state index is 14.2. The maximum atomic E-state index is 14.2. The molecule has 1 fully saturated rings. The molecular formula is C29H40ClN5O7. The molecule has 3 heterocycles. The Balaban J connectivity index is 0.00000484. The summed E-state index contributed by atoms with van der Waals surface area (Å²) in [6.07, 6.45) is 2.70. The smallest absolute Gasteiger partial charge is 0.457 e. The predicted octanol–water partition coefficient (Wildman–Crippen LogP) is 3.33. The Morgan fingerprint density at radius 1 is 1.17 bits per heavy atom. The molecule has 0 spiro atoms. The lowest BCUT2D eigenvalue weighted by atomic mass is 9.93. The van der Waals surface area contributed by atoms with Gasteiger partial charge in [0.15, 0.2) is 23.8 Å². The van der Waals surface area contributed by atoms with Crippen molar-refractivity contribution in [3.63, 3.8) is 0 Å². The number of benzene rings is 1. The first kappa shape index (κ1) is 33.0. The Labute approximate surface area is 251 Å². The van der Waals surface area contributed by atoms with E-state index in [4.69, 9.17) is 18.3 Å². The summed E-state index contributed by atoms with van der Waals surface area (Å²) >= 11 is 0. The summed E-state index contributed by atoms with van der Waals surface area (Å²) in [5.41, 5.74) is 1.91. The maximum Gasteiger partial charge on any atom is 0.519 e. The summed E-state index contributed by atoms with van der Waals surface area (Å²) in [5, 5.41) is 12.0. The standard InChI is InChI=1S/C29H39N5O7.ClH/c1-19(2)17-33(23-14-21(15-30-16-23)28(36)39-18-25-20(3)40-29(37)41-25)27(35)26-24(12-8-9-13-38-4)34(32-31-26)22-10-6-5-7-11-22;/h5-7,10-11,19,21,23,30H,8-9,12-18H2,1-4H3;1H/t21-,23+;/m1./s1. The molecule has 4 rings (SSSR count). The minimum atomic E-state index is -0.835. The van der Waals surface area contributed by atoms with Crippen molar-refractivity contribution in [1.82, 2.24) is 25.2 Å². The largest absolute Gasteiger partial charge is 0.519 e. The molecule has 3 aromatic rings. The van der Waals surface area contributed by atoms with Crippen LogP contribution in [0.5, 0.6) is 0 Å². The van der Waals surface area contributed by atoms with E-state index in [1.165, 1.54) is 0 Å². The lowest BCUT2D eigenvalue weighted by Gasteiger charge is -2.38. The number of hydrogen-bond acceptors (Lipinski definition) is 10. The summed E-state index contributed by atoms with van der Waals surface area (Å²) in [4.78, 5) is 40.2. The molecule has 2 aromatic heterocycles. The lowest BCUT2D eigenvalue weighted by Crippen LogP contribution is -2.53. The molecule has 1 saturated heterocycles. The fraction of sp³-hybridized carbons (Fsp3) is 0.552. The zero-order valence-electron chi connectivity index (χ0n) is 24.5. The van der Waals surface area contributed by atoms with Crippen LogP contribution in [0.2, 0.25) is 0 Å². The van der Waals surface area contributed by atoms with E-state index in [1.54, 1.807) is 18.7 Å². The average Bonchev–Trinajstić information content (AvgIpc) is 3.54. The van der Waals surface area contributed by atoms with Crippen molar-refractivity contribution >= 4 is 24.3 Å². The van der Waals surface area contributed by atoms with Gasteiger partial charge in [-0.1, -0.05) is 37.3 Å². The Hall–Kier alpha value is -3.48.